The Labute approximate surface area is 93.6 Å². The molecule has 0 aliphatic carbocycles. The Morgan fingerprint density at radius 3 is 3.00 bits per heavy atom. The number of hydrogen-bond acceptors (Lipinski definition) is 3. The minimum atomic E-state index is -0.368. The van der Waals surface area contributed by atoms with E-state index in [0.717, 1.165) is 5.56 Å². The van der Waals surface area contributed by atoms with Gasteiger partial charge < -0.3 is 10.1 Å². The summed E-state index contributed by atoms with van der Waals surface area (Å²) in [7, 11) is 0. The molecule has 4 nitrogen and oxygen atoms in total. The van der Waals surface area contributed by atoms with Crippen LogP contribution in [-0.4, -0.2) is 24.5 Å². The van der Waals surface area contributed by atoms with Gasteiger partial charge in [-0.3, -0.25) is 4.79 Å². The first-order valence-corrected chi connectivity index (χ1v) is 5.18. The Morgan fingerprint density at radius 1 is 1.56 bits per heavy atom. The summed E-state index contributed by atoms with van der Waals surface area (Å²) in [6.07, 6.45) is 0.320. The molecule has 1 N–H and O–H groups in total. The average Bonchev–Trinajstić information content (AvgIpc) is 2.64. The van der Waals surface area contributed by atoms with Crippen LogP contribution >= 0.6 is 0 Å². The molecule has 0 saturated carbocycles. The summed E-state index contributed by atoms with van der Waals surface area (Å²) in [5.74, 6) is 0.0496. The predicted octanol–water partition coefficient (Wildman–Crippen LogP) is 1.54. The second kappa shape index (κ2) is 4.35. The summed E-state index contributed by atoms with van der Waals surface area (Å²) in [6, 6.07) is 7.44. The van der Waals surface area contributed by atoms with E-state index in [1.165, 1.54) is 0 Å². The molecule has 1 unspecified atom stereocenters. The number of carbonyl (C=O) groups excluding carboxylic acids is 2. The van der Waals surface area contributed by atoms with Gasteiger partial charge >= 0.3 is 6.09 Å². The van der Waals surface area contributed by atoms with Gasteiger partial charge in [0.2, 0.25) is 0 Å². The van der Waals surface area contributed by atoms with Crippen LogP contribution in [0.2, 0.25) is 0 Å². The van der Waals surface area contributed by atoms with Crippen molar-refractivity contribution < 1.29 is 14.3 Å². The third-order valence-electron chi connectivity index (χ3n) is 2.55. The van der Waals surface area contributed by atoms with E-state index in [0.29, 0.717) is 18.6 Å². The predicted molar refractivity (Wildman–Crippen MR) is 58.4 cm³/mol. The van der Waals surface area contributed by atoms with Crippen LogP contribution in [0.15, 0.2) is 24.3 Å². The van der Waals surface area contributed by atoms with Crippen molar-refractivity contribution in [2.45, 2.75) is 19.4 Å². The molecular formula is C12H13NO3. The van der Waals surface area contributed by atoms with Gasteiger partial charge in [-0.15, -0.1) is 0 Å². The number of cyclic esters (lactones) is 1. The highest BCUT2D eigenvalue weighted by molar-refractivity contribution is 5.94. The third kappa shape index (κ3) is 2.39. The molecule has 1 heterocycles. The lowest BCUT2D eigenvalue weighted by atomic mass is 10.0. The van der Waals surface area contributed by atoms with Crippen molar-refractivity contribution in [1.29, 1.82) is 0 Å². The molecule has 1 atom stereocenters. The minimum Gasteiger partial charge on any atom is -0.447 e. The molecule has 1 aromatic rings. The average molecular weight is 219 g/mol. The fourth-order valence-electron chi connectivity index (χ4n) is 1.74. The fourth-order valence-corrected chi connectivity index (χ4v) is 1.74. The number of hydrogen-bond donors (Lipinski definition) is 1. The van der Waals surface area contributed by atoms with Crippen LogP contribution in [0.5, 0.6) is 0 Å². The maximum Gasteiger partial charge on any atom is 0.407 e. The van der Waals surface area contributed by atoms with Crippen molar-refractivity contribution in [2.24, 2.45) is 0 Å². The summed E-state index contributed by atoms with van der Waals surface area (Å²) < 4.78 is 4.80. The molecule has 1 saturated heterocycles. The maximum absolute atomic E-state index is 11.2. The highest BCUT2D eigenvalue weighted by Crippen LogP contribution is 2.10. The number of benzene rings is 1. The van der Waals surface area contributed by atoms with Gasteiger partial charge in [-0.05, 0) is 25.0 Å². The van der Waals surface area contributed by atoms with Crippen LogP contribution in [0.1, 0.15) is 22.8 Å². The number of rotatable bonds is 3. The van der Waals surface area contributed by atoms with E-state index in [2.05, 4.69) is 5.32 Å². The summed E-state index contributed by atoms with van der Waals surface area (Å²) in [5.41, 5.74) is 1.73. The number of carbonyl (C=O) groups is 2. The van der Waals surface area contributed by atoms with Crippen LogP contribution in [0.4, 0.5) is 4.79 Å². The van der Waals surface area contributed by atoms with Crippen molar-refractivity contribution in [3.05, 3.63) is 35.4 Å². The summed E-state index contributed by atoms with van der Waals surface area (Å²) in [4.78, 5) is 22.0. The molecule has 16 heavy (non-hydrogen) atoms. The minimum absolute atomic E-state index is 0.00899. The van der Waals surface area contributed by atoms with E-state index < -0.39 is 0 Å². The zero-order valence-corrected chi connectivity index (χ0v) is 9.03. The SMILES string of the molecule is CC(=O)c1cccc(CC2COC(=O)N2)c1. The highest BCUT2D eigenvalue weighted by atomic mass is 16.6. The second-order valence-corrected chi connectivity index (χ2v) is 3.90. The topological polar surface area (TPSA) is 55.4 Å². The monoisotopic (exact) mass is 219 g/mol. The number of ether oxygens (including phenoxy) is 1. The van der Waals surface area contributed by atoms with Gasteiger partial charge in [-0.25, -0.2) is 4.79 Å². The Morgan fingerprint density at radius 2 is 2.38 bits per heavy atom. The molecule has 1 aromatic carbocycles. The lowest BCUT2D eigenvalue weighted by molar-refractivity contribution is 0.101. The van der Waals surface area contributed by atoms with Gasteiger partial charge in [0.1, 0.15) is 6.61 Å². The van der Waals surface area contributed by atoms with E-state index in [-0.39, 0.29) is 17.9 Å². The molecule has 1 aliphatic heterocycles. The summed E-state index contributed by atoms with van der Waals surface area (Å²) in [6.45, 7) is 1.93. The molecule has 2 rings (SSSR count). The van der Waals surface area contributed by atoms with Crippen LogP contribution in [0, 0.1) is 0 Å². The molecular weight excluding hydrogens is 206 g/mol. The Bertz CT molecular complexity index is 428. The largest absolute Gasteiger partial charge is 0.447 e. The quantitative estimate of drug-likeness (QED) is 0.784. The molecule has 1 fully saturated rings. The van der Waals surface area contributed by atoms with Crippen molar-refractivity contribution in [3.63, 3.8) is 0 Å². The lowest BCUT2D eigenvalue weighted by Gasteiger charge is -2.07. The fraction of sp³-hybridized carbons (Fsp3) is 0.333. The Balaban J connectivity index is 2.07. The molecule has 0 aromatic heterocycles. The molecule has 0 bridgehead atoms. The van der Waals surface area contributed by atoms with E-state index in [1.807, 2.05) is 18.2 Å². The smallest absolute Gasteiger partial charge is 0.407 e. The number of Topliss-reactive ketones (excluding diaryl/α,β-unsaturated/α-hetero) is 1. The Hall–Kier alpha value is -1.84. The van der Waals surface area contributed by atoms with Gasteiger partial charge in [-0.1, -0.05) is 18.2 Å². The molecule has 84 valence electrons. The van der Waals surface area contributed by atoms with Crippen LogP contribution in [0.25, 0.3) is 0 Å². The summed E-state index contributed by atoms with van der Waals surface area (Å²) in [5, 5.41) is 2.70. The zero-order valence-electron chi connectivity index (χ0n) is 9.03. The standard InChI is InChI=1S/C12H13NO3/c1-8(14)10-4-2-3-9(5-10)6-11-7-16-12(15)13-11/h2-5,11H,6-7H2,1H3,(H,13,15). The van der Waals surface area contributed by atoms with Gasteiger partial charge in [0.25, 0.3) is 0 Å². The molecule has 1 aliphatic rings. The van der Waals surface area contributed by atoms with Gasteiger partial charge in [0.05, 0.1) is 6.04 Å². The first-order valence-electron chi connectivity index (χ1n) is 5.18. The van der Waals surface area contributed by atoms with Crippen molar-refractivity contribution in [2.75, 3.05) is 6.61 Å². The van der Waals surface area contributed by atoms with Gasteiger partial charge in [0.15, 0.2) is 5.78 Å². The highest BCUT2D eigenvalue weighted by Gasteiger charge is 2.22. The zero-order chi connectivity index (χ0) is 11.5. The first-order chi connectivity index (χ1) is 7.65. The third-order valence-corrected chi connectivity index (χ3v) is 2.55. The van der Waals surface area contributed by atoms with E-state index >= 15 is 0 Å². The van der Waals surface area contributed by atoms with E-state index in [4.69, 9.17) is 4.74 Å². The summed E-state index contributed by atoms with van der Waals surface area (Å²) >= 11 is 0. The van der Waals surface area contributed by atoms with Gasteiger partial charge in [-0.2, -0.15) is 0 Å². The first kappa shape index (κ1) is 10.7. The van der Waals surface area contributed by atoms with Crippen LogP contribution < -0.4 is 5.32 Å². The van der Waals surface area contributed by atoms with Gasteiger partial charge in [0, 0.05) is 5.56 Å². The normalized spacial score (nSPS) is 19.1. The van der Waals surface area contributed by atoms with Crippen molar-refractivity contribution >= 4 is 11.9 Å². The molecule has 0 spiro atoms. The maximum atomic E-state index is 11.2. The van der Waals surface area contributed by atoms with Crippen LogP contribution in [-0.2, 0) is 11.2 Å². The number of nitrogens with one attached hydrogen (secondary N) is 1. The van der Waals surface area contributed by atoms with Crippen LogP contribution in [0.3, 0.4) is 0 Å². The second-order valence-electron chi connectivity index (χ2n) is 3.90. The lowest BCUT2D eigenvalue weighted by Crippen LogP contribution is -2.28. The Kier molecular flexibility index (Phi) is 2.90. The van der Waals surface area contributed by atoms with Crippen molar-refractivity contribution in [3.8, 4) is 0 Å². The molecule has 4 heteroatoms. The van der Waals surface area contributed by atoms with Crippen molar-refractivity contribution in [1.82, 2.24) is 5.32 Å². The molecule has 1 amide bonds. The number of amides is 1. The number of ketones is 1. The molecule has 0 radical (unpaired) electrons. The number of alkyl carbamates (subject to hydrolysis) is 1. The van der Waals surface area contributed by atoms with E-state index in [9.17, 15) is 9.59 Å². The van der Waals surface area contributed by atoms with E-state index in [1.54, 1.807) is 13.0 Å².